The van der Waals surface area contributed by atoms with E-state index in [1.54, 1.807) is 23.7 Å². The number of carbonyl (C=O) groups is 1. The third-order valence-electron chi connectivity index (χ3n) is 5.68. The van der Waals surface area contributed by atoms with Gasteiger partial charge in [-0.15, -0.1) is 0 Å². The smallest absolute Gasteiger partial charge is 0.342 e. The van der Waals surface area contributed by atoms with Crippen molar-refractivity contribution in [2.24, 2.45) is 7.05 Å². The zero-order chi connectivity index (χ0) is 21.1. The number of carbonyl (C=O) groups excluding carboxylic acids is 1. The van der Waals surface area contributed by atoms with E-state index >= 15 is 0 Å². The number of piperidine rings is 1. The first-order valence-corrected chi connectivity index (χ1v) is 10.2. The number of halogens is 1. The lowest BCUT2D eigenvalue weighted by atomic mass is 9.95. The van der Waals surface area contributed by atoms with Crippen molar-refractivity contribution >= 4 is 5.91 Å². The van der Waals surface area contributed by atoms with E-state index < -0.39 is 0 Å². The summed E-state index contributed by atoms with van der Waals surface area (Å²) in [6.45, 7) is 1.70. The molecule has 3 aromatic rings. The van der Waals surface area contributed by atoms with Gasteiger partial charge in [-0.3, -0.25) is 9.36 Å². The molecule has 0 spiro atoms. The van der Waals surface area contributed by atoms with Gasteiger partial charge in [0.2, 0.25) is 5.91 Å². The molecule has 1 aromatic heterocycles. The molecule has 0 atom stereocenters. The van der Waals surface area contributed by atoms with Crippen LogP contribution in [0.3, 0.4) is 0 Å². The summed E-state index contributed by atoms with van der Waals surface area (Å²) >= 11 is 0. The van der Waals surface area contributed by atoms with Gasteiger partial charge in [-0.05, 0) is 36.1 Å². The van der Waals surface area contributed by atoms with Gasteiger partial charge in [0.25, 0.3) is 0 Å². The molecule has 0 N–H and O–H groups in total. The molecule has 0 bridgehead atoms. The first-order valence-electron chi connectivity index (χ1n) is 10.2. The van der Waals surface area contributed by atoms with Crippen molar-refractivity contribution in [2.75, 3.05) is 13.1 Å². The molecule has 0 radical (unpaired) electrons. The Bertz CT molecular complexity index is 1080. The van der Waals surface area contributed by atoms with Crippen molar-refractivity contribution in [3.8, 4) is 0 Å². The van der Waals surface area contributed by atoms with Crippen LogP contribution in [0.2, 0.25) is 0 Å². The third-order valence-corrected chi connectivity index (χ3v) is 5.68. The van der Waals surface area contributed by atoms with Crippen LogP contribution in [0.5, 0.6) is 0 Å². The Morgan fingerprint density at radius 1 is 1.07 bits per heavy atom. The van der Waals surface area contributed by atoms with Gasteiger partial charge in [0.15, 0.2) is 0 Å². The summed E-state index contributed by atoms with van der Waals surface area (Å²) in [6.07, 6.45) is 1.70. The van der Waals surface area contributed by atoms with Crippen LogP contribution in [-0.4, -0.2) is 38.2 Å². The predicted molar refractivity (Wildman–Crippen MR) is 112 cm³/mol. The largest absolute Gasteiger partial charge is 0.345 e. The highest BCUT2D eigenvalue weighted by Crippen LogP contribution is 2.27. The number of hydrogen-bond donors (Lipinski definition) is 0. The normalized spacial score (nSPS) is 14.8. The number of likely N-dealkylation sites (tertiary alicyclic amines) is 1. The highest BCUT2D eigenvalue weighted by Gasteiger charge is 2.28. The van der Waals surface area contributed by atoms with Crippen molar-refractivity contribution in [2.45, 2.75) is 31.7 Å². The summed E-state index contributed by atoms with van der Waals surface area (Å²) < 4.78 is 16.5. The molecule has 0 saturated carbocycles. The highest BCUT2D eigenvalue weighted by atomic mass is 19.1. The maximum Gasteiger partial charge on any atom is 0.345 e. The molecule has 1 aliphatic heterocycles. The monoisotopic (exact) mass is 408 g/mol. The number of rotatable bonds is 5. The first-order chi connectivity index (χ1) is 14.5. The summed E-state index contributed by atoms with van der Waals surface area (Å²) in [6, 6.07) is 16.0. The standard InChI is InChI=1S/C23H25FN4O2/c1-26-23(30)28(16-17-6-3-2-4-7-17)22(25-26)19-10-12-27(13-11-19)21(29)15-18-8-5-9-20(24)14-18/h2-9,14,19H,10-13,15-16H2,1H3. The Balaban J connectivity index is 1.43. The number of aromatic nitrogens is 3. The van der Waals surface area contributed by atoms with Gasteiger partial charge in [0.1, 0.15) is 11.6 Å². The molecule has 7 heteroatoms. The maximum absolute atomic E-state index is 13.4. The minimum atomic E-state index is -0.328. The molecule has 4 rings (SSSR count). The SMILES string of the molecule is Cn1nc(C2CCN(C(=O)Cc3cccc(F)c3)CC2)n(Cc2ccccc2)c1=O. The highest BCUT2D eigenvalue weighted by molar-refractivity contribution is 5.78. The van der Waals surface area contributed by atoms with Crippen molar-refractivity contribution in [1.82, 2.24) is 19.2 Å². The topological polar surface area (TPSA) is 60.1 Å². The van der Waals surface area contributed by atoms with Gasteiger partial charge >= 0.3 is 5.69 Å². The van der Waals surface area contributed by atoms with E-state index in [-0.39, 0.29) is 29.8 Å². The molecule has 1 saturated heterocycles. The van der Waals surface area contributed by atoms with Crippen LogP contribution in [0.25, 0.3) is 0 Å². The number of aryl methyl sites for hydroxylation is 1. The molecule has 6 nitrogen and oxygen atoms in total. The summed E-state index contributed by atoms with van der Waals surface area (Å²) in [5, 5.41) is 4.50. The third kappa shape index (κ3) is 4.35. The molecule has 156 valence electrons. The van der Waals surface area contributed by atoms with Gasteiger partial charge in [0, 0.05) is 26.1 Å². The Morgan fingerprint density at radius 2 is 1.77 bits per heavy atom. The average Bonchev–Trinajstić information content (AvgIpc) is 3.03. The lowest BCUT2D eigenvalue weighted by Gasteiger charge is -2.31. The fourth-order valence-corrected chi connectivity index (χ4v) is 4.06. The number of nitrogens with zero attached hydrogens (tertiary/aromatic N) is 4. The van der Waals surface area contributed by atoms with Gasteiger partial charge in [-0.1, -0.05) is 42.5 Å². The molecule has 1 fully saturated rings. The predicted octanol–water partition coefficient (Wildman–Crippen LogP) is 2.72. The maximum atomic E-state index is 13.4. The molecule has 1 aliphatic rings. The summed E-state index contributed by atoms with van der Waals surface area (Å²) in [5.41, 5.74) is 1.61. The van der Waals surface area contributed by atoms with E-state index in [9.17, 15) is 14.0 Å². The van der Waals surface area contributed by atoms with Crippen LogP contribution in [0, 0.1) is 5.82 Å². The second kappa shape index (κ2) is 8.65. The van der Waals surface area contributed by atoms with Crippen LogP contribution >= 0.6 is 0 Å². The van der Waals surface area contributed by atoms with Crippen molar-refractivity contribution in [1.29, 1.82) is 0 Å². The molecule has 30 heavy (non-hydrogen) atoms. The van der Waals surface area contributed by atoms with E-state index in [1.165, 1.54) is 16.8 Å². The van der Waals surface area contributed by atoms with Crippen LogP contribution in [0.4, 0.5) is 4.39 Å². The van der Waals surface area contributed by atoms with Crippen molar-refractivity contribution in [3.05, 3.63) is 87.9 Å². The van der Waals surface area contributed by atoms with Crippen LogP contribution < -0.4 is 5.69 Å². The zero-order valence-electron chi connectivity index (χ0n) is 17.0. The van der Waals surface area contributed by atoms with Crippen molar-refractivity contribution in [3.63, 3.8) is 0 Å². The molecule has 2 heterocycles. The lowest BCUT2D eigenvalue weighted by Crippen LogP contribution is -2.39. The Labute approximate surface area is 174 Å². The summed E-state index contributed by atoms with van der Waals surface area (Å²) in [7, 11) is 1.67. The van der Waals surface area contributed by atoms with E-state index in [4.69, 9.17) is 0 Å². The minimum absolute atomic E-state index is 0.00162. The number of benzene rings is 2. The second-order valence-corrected chi connectivity index (χ2v) is 7.80. The fourth-order valence-electron chi connectivity index (χ4n) is 4.06. The van der Waals surface area contributed by atoms with E-state index in [0.29, 0.717) is 25.2 Å². The molecule has 0 aliphatic carbocycles. The molecule has 1 amide bonds. The number of hydrogen-bond acceptors (Lipinski definition) is 3. The second-order valence-electron chi connectivity index (χ2n) is 7.80. The van der Waals surface area contributed by atoms with E-state index in [1.807, 2.05) is 35.2 Å². The molecule has 0 unspecified atom stereocenters. The van der Waals surface area contributed by atoms with Crippen LogP contribution in [-0.2, 0) is 24.8 Å². The Kier molecular flexibility index (Phi) is 5.79. The molecular weight excluding hydrogens is 383 g/mol. The minimum Gasteiger partial charge on any atom is -0.342 e. The molecular formula is C23H25FN4O2. The first kappa shape index (κ1) is 20.1. The van der Waals surface area contributed by atoms with Gasteiger partial charge in [-0.2, -0.15) is 5.10 Å². The lowest BCUT2D eigenvalue weighted by molar-refractivity contribution is -0.131. The fraction of sp³-hybridized carbons (Fsp3) is 0.348. The summed E-state index contributed by atoms with van der Waals surface area (Å²) in [5.74, 6) is 0.580. The Hall–Kier alpha value is -3.22. The summed E-state index contributed by atoms with van der Waals surface area (Å²) in [4.78, 5) is 27.0. The van der Waals surface area contributed by atoms with E-state index in [0.717, 1.165) is 24.2 Å². The quantitative estimate of drug-likeness (QED) is 0.652. The van der Waals surface area contributed by atoms with Crippen LogP contribution in [0.1, 0.15) is 35.7 Å². The van der Waals surface area contributed by atoms with Crippen LogP contribution in [0.15, 0.2) is 59.4 Å². The van der Waals surface area contributed by atoms with Gasteiger partial charge in [-0.25, -0.2) is 13.9 Å². The van der Waals surface area contributed by atoms with E-state index in [2.05, 4.69) is 5.10 Å². The van der Waals surface area contributed by atoms with Crippen molar-refractivity contribution < 1.29 is 9.18 Å². The molecule has 2 aromatic carbocycles. The van der Waals surface area contributed by atoms with Gasteiger partial charge < -0.3 is 4.90 Å². The van der Waals surface area contributed by atoms with Gasteiger partial charge in [0.05, 0.1) is 13.0 Å². The average molecular weight is 408 g/mol. The number of amides is 1. The Morgan fingerprint density at radius 3 is 2.47 bits per heavy atom. The zero-order valence-corrected chi connectivity index (χ0v) is 17.0.